The first-order valence-electron chi connectivity index (χ1n) is 16.8. The van der Waals surface area contributed by atoms with Crippen molar-refractivity contribution in [1.82, 2.24) is 49.1 Å². The summed E-state index contributed by atoms with van der Waals surface area (Å²) < 4.78 is 167. The summed E-state index contributed by atoms with van der Waals surface area (Å²) in [7, 11) is 0. The van der Waals surface area contributed by atoms with Gasteiger partial charge in [0.25, 0.3) is 11.8 Å². The van der Waals surface area contributed by atoms with Crippen LogP contribution in [0.15, 0.2) is 49.3 Å². The summed E-state index contributed by atoms with van der Waals surface area (Å²) in [5, 5.41) is 12.9. The Bertz CT molecular complexity index is 2330. The zero-order valence-corrected chi connectivity index (χ0v) is 32.5. The molecular formula is C34H34F12N10O2S. The highest BCUT2D eigenvalue weighted by atomic mass is 32.1. The minimum absolute atomic E-state index is 0. The van der Waals surface area contributed by atoms with Gasteiger partial charge in [-0.25, -0.2) is 36.3 Å². The Balaban J connectivity index is 0.000000265. The molecule has 0 aliphatic carbocycles. The first-order valence-corrected chi connectivity index (χ1v) is 16.8. The lowest BCUT2D eigenvalue weighted by Crippen LogP contribution is -2.33. The lowest BCUT2D eigenvalue weighted by Gasteiger charge is -2.20. The molecule has 25 heteroatoms. The maximum absolute atomic E-state index is 14.1. The molecule has 0 aliphatic heterocycles. The van der Waals surface area contributed by atoms with E-state index in [-0.39, 0.29) is 59.8 Å². The SMILES string of the molecule is CC(Oc1ncc(-c2cn3c(C(F)(F)F)nnc3cn2)cc1F)C(C)(F)F.CCC(C)C(C)(F)F.CCOc1ncc(-c2cn3c(C(F)(F)F)nnc3cn2)cc1F.S. The van der Waals surface area contributed by atoms with Crippen molar-refractivity contribution in [3.63, 3.8) is 0 Å². The molecule has 0 saturated heterocycles. The number of alkyl halides is 10. The maximum Gasteiger partial charge on any atom is 0.452 e. The summed E-state index contributed by atoms with van der Waals surface area (Å²) in [6.45, 7) is 7.86. The fraction of sp³-hybridized carbons (Fsp3) is 0.412. The highest BCUT2D eigenvalue weighted by Gasteiger charge is 2.38. The minimum atomic E-state index is -4.75. The van der Waals surface area contributed by atoms with Gasteiger partial charge < -0.3 is 9.47 Å². The summed E-state index contributed by atoms with van der Waals surface area (Å²) in [4.78, 5) is 15.2. The van der Waals surface area contributed by atoms with Crippen LogP contribution in [0.1, 0.15) is 59.6 Å². The molecule has 2 atom stereocenters. The third-order valence-corrected chi connectivity index (χ3v) is 8.06. The van der Waals surface area contributed by atoms with E-state index in [1.165, 1.54) is 6.20 Å². The van der Waals surface area contributed by atoms with Gasteiger partial charge in [-0.05, 0) is 39.3 Å². The number of pyridine rings is 2. The van der Waals surface area contributed by atoms with Gasteiger partial charge in [0, 0.05) is 48.8 Å². The molecule has 0 fully saturated rings. The van der Waals surface area contributed by atoms with Gasteiger partial charge in [-0.15, -0.1) is 20.4 Å². The number of hydrogen-bond acceptors (Lipinski definition) is 10. The largest absolute Gasteiger partial charge is 0.476 e. The number of rotatable bonds is 9. The number of aromatic nitrogens is 10. The molecule has 0 aromatic carbocycles. The van der Waals surface area contributed by atoms with E-state index in [0.29, 0.717) is 17.7 Å². The van der Waals surface area contributed by atoms with E-state index >= 15 is 0 Å². The van der Waals surface area contributed by atoms with Gasteiger partial charge in [0.05, 0.1) is 30.4 Å². The first-order chi connectivity index (χ1) is 26.8. The highest BCUT2D eigenvalue weighted by Crippen LogP contribution is 2.32. The van der Waals surface area contributed by atoms with E-state index in [1.807, 2.05) is 0 Å². The van der Waals surface area contributed by atoms with Crippen molar-refractivity contribution in [3.05, 3.63) is 72.6 Å². The van der Waals surface area contributed by atoms with Gasteiger partial charge in [-0.3, -0.25) is 18.8 Å². The van der Waals surface area contributed by atoms with Crippen LogP contribution in [0, 0.1) is 17.6 Å². The van der Waals surface area contributed by atoms with E-state index in [1.54, 1.807) is 20.8 Å². The summed E-state index contributed by atoms with van der Waals surface area (Å²) >= 11 is 0. The van der Waals surface area contributed by atoms with Crippen LogP contribution < -0.4 is 9.47 Å². The molecule has 0 saturated carbocycles. The Labute approximate surface area is 333 Å². The molecule has 0 bridgehead atoms. The Kier molecular flexibility index (Phi) is 15.1. The van der Waals surface area contributed by atoms with Crippen LogP contribution in [-0.2, 0) is 12.4 Å². The van der Waals surface area contributed by atoms with Crippen molar-refractivity contribution in [3.8, 4) is 34.3 Å². The molecule has 322 valence electrons. The lowest BCUT2D eigenvalue weighted by atomic mass is 10.0. The summed E-state index contributed by atoms with van der Waals surface area (Å²) in [6.07, 6.45) is -4.00. The van der Waals surface area contributed by atoms with Gasteiger partial charge in [0.2, 0.25) is 23.5 Å². The number of ether oxygens (including phenoxy) is 2. The zero-order chi connectivity index (χ0) is 43.4. The Morgan fingerprint density at radius 2 is 1.03 bits per heavy atom. The molecule has 0 radical (unpaired) electrons. The second kappa shape index (κ2) is 18.6. The van der Waals surface area contributed by atoms with E-state index in [0.717, 1.165) is 61.4 Å². The Morgan fingerprint density at radius 1 is 0.610 bits per heavy atom. The zero-order valence-electron chi connectivity index (χ0n) is 31.5. The van der Waals surface area contributed by atoms with Crippen molar-refractivity contribution in [1.29, 1.82) is 0 Å². The van der Waals surface area contributed by atoms with Gasteiger partial charge in [-0.2, -0.15) is 39.8 Å². The van der Waals surface area contributed by atoms with E-state index in [2.05, 4.69) is 40.3 Å². The molecule has 2 unspecified atom stereocenters. The first kappa shape index (κ1) is 47.9. The topological polar surface area (TPSA) is 130 Å². The molecule has 0 aliphatic rings. The van der Waals surface area contributed by atoms with E-state index in [9.17, 15) is 52.7 Å². The third-order valence-electron chi connectivity index (χ3n) is 8.06. The Hall–Kier alpha value is -5.49. The van der Waals surface area contributed by atoms with Crippen molar-refractivity contribution in [2.45, 2.75) is 78.3 Å². The second-order valence-corrected chi connectivity index (χ2v) is 12.5. The summed E-state index contributed by atoms with van der Waals surface area (Å²) in [6, 6.07) is 1.96. The molecule has 6 aromatic rings. The monoisotopic (exact) mass is 874 g/mol. The molecule has 0 N–H and O–H groups in total. The molecule has 6 aromatic heterocycles. The number of nitrogens with zero attached hydrogens (tertiary/aromatic N) is 10. The van der Waals surface area contributed by atoms with Gasteiger partial charge in [-0.1, -0.05) is 13.8 Å². The fourth-order valence-electron chi connectivity index (χ4n) is 4.38. The third kappa shape index (κ3) is 12.0. The number of fused-ring (bicyclic) bond motifs is 2. The maximum atomic E-state index is 14.1. The minimum Gasteiger partial charge on any atom is -0.476 e. The van der Waals surface area contributed by atoms with Gasteiger partial charge in [0.15, 0.2) is 29.0 Å². The van der Waals surface area contributed by atoms with Crippen molar-refractivity contribution in [2.75, 3.05) is 6.61 Å². The van der Waals surface area contributed by atoms with Crippen molar-refractivity contribution < 1.29 is 62.2 Å². The smallest absolute Gasteiger partial charge is 0.452 e. The summed E-state index contributed by atoms with van der Waals surface area (Å²) in [5.41, 5.74) is 0.0323. The van der Waals surface area contributed by atoms with Gasteiger partial charge in [0.1, 0.15) is 0 Å². The van der Waals surface area contributed by atoms with Gasteiger partial charge >= 0.3 is 12.4 Å². The quantitative estimate of drug-likeness (QED) is 0.130. The normalized spacial score (nSPS) is 13.1. The number of hydrogen-bond donors (Lipinski definition) is 0. The van der Waals surface area contributed by atoms with Crippen molar-refractivity contribution >= 4 is 24.8 Å². The second-order valence-electron chi connectivity index (χ2n) is 12.5. The summed E-state index contributed by atoms with van der Waals surface area (Å²) in [5.74, 6) is -11.3. The van der Waals surface area contributed by atoms with Crippen LogP contribution in [-0.4, -0.2) is 73.7 Å². The average Bonchev–Trinajstić information content (AvgIpc) is 3.77. The standard InChI is InChI=1S/C15H11F6N5O.C13H9F4N5O.C6H12F2.H2S/c1-7(14(2,17)18)27-12-9(16)3-8(4-23-12)10-6-26-11(5-22-10)24-25-13(26)15(19,20)21;1-2-23-11-8(14)3-7(4-19-11)9-6-22-10(5-18-9)20-21-12(22)13(15,16)17;1-4-5(2)6(3,7)8;/h3-7H,1-2H3;3-6H,2H2,1H3;5H,4H2,1-3H3;1H2. The Morgan fingerprint density at radius 3 is 1.36 bits per heavy atom. The van der Waals surface area contributed by atoms with Crippen LogP contribution in [0.2, 0.25) is 0 Å². The van der Waals surface area contributed by atoms with Crippen LogP contribution in [0.3, 0.4) is 0 Å². The van der Waals surface area contributed by atoms with Crippen LogP contribution in [0.4, 0.5) is 52.7 Å². The molecular weight excluding hydrogens is 840 g/mol. The lowest BCUT2D eigenvalue weighted by molar-refractivity contribution is -0.146. The average molecular weight is 875 g/mol. The molecule has 0 spiro atoms. The van der Waals surface area contributed by atoms with Crippen LogP contribution in [0.25, 0.3) is 33.8 Å². The molecule has 0 amide bonds. The number of halogens is 12. The van der Waals surface area contributed by atoms with Crippen LogP contribution >= 0.6 is 13.5 Å². The molecule has 12 nitrogen and oxygen atoms in total. The van der Waals surface area contributed by atoms with E-state index < -0.39 is 65.4 Å². The molecule has 6 heterocycles. The van der Waals surface area contributed by atoms with E-state index in [4.69, 9.17) is 9.47 Å². The van der Waals surface area contributed by atoms with Crippen LogP contribution in [0.5, 0.6) is 11.8 Å². The highest BCUT2D eigenvalue weighted by molar-refractivity contribution is 7.59. The fourth-order valence-corrected chi connectivity index (χ4v) is 4.38. The molecule has 6 rings (SSSR count). The molecule has 59 heavy (non-hydrogen) atoms. The predicted molar refractivity (Wildman–Crippen MR) is 190 cm³/mol. The predicted octanol–water partition coefficient (Wildman–Crippen LogP) is 9.31. The van der Waals surface area contributed by atoms with Crippen molar-refractivity contribution in [2.24, 2.45) is 5.92 Å².